The van der Waals surface area contributed by atoms with Crippen LogP contribution in [0.15, 0.2) is 58.1 Å². The molecule has 5 nitrogen and oxygen atoms in total. The van der Waals surface area contributed by atoms with Crippen molar-refractivity contribution in [3.8, 4) is 0 Å². The molecule has 102 valence electrons. The van der Waals surface area contributed by atoms with E-state index in [1.165, 1.54) is 11.9 Å². The van der Waals surface area contributed by atoms with E-state index >= 15 is 0 Å². The summed E-state index contributed by atoms with van der Waals surface area (Å²) in [6.45, 7) is 1.39. The molecule has 0 saturated carbocycles. The van der Waals surface area contributed by atoms with Crippen LogP contribution in [0, 0.1) is 0 Å². The van der Waals surface area contributed by atoms with Crippen LogP contribution in [0.25, 0.3) is 0 Å². The molecule has 0 fully saturated rings. The smallest absolute Gasteiger partial charge is 0.169 e. The molecule has 0 aliphatic heterocycles. The molecule has 0 aliphatic carbocycles. The average Bonchev–Trinajstić information content (AvgIpc) is 3.10. The molecule has 0 unspecified atom stereocenters. The Kier molecular flexibility index (Phi) is 3.83. The second-order valence-electron chi connectivity index (χ2n) is 4.35. The first-order valence-electron chi connectivity index (χ1n) is 6.19. The van der Waals surface area contributed by atoms with E-state index in [-0.39, 0.29) is 0 Å². The predicted molar refractivity (Wildman–Crippen MR) is 79.3 cm³/mol. The van der Waals surface area contributed by atoms with Crippen molar-refractivity contribution >= 4 is 21.6 Å². The van der Waals surface area contributed by atoms with E-state index in [1.54, 1.807) is 11.0 Å². The molecule has 3 aromatic rings. The number of hydrogen-bond acceptors (Lipinski definition) is 4. The molecule has 20 heavy (non-hydrogen) atoms. The van der Waals surface area contributed by atoms with Crippen molar-refractivity contribution in [1.82, 2.24) is 14.8 Å². The summed E-state index contributed by atoms with van der Waals surface area (Å²) < 4.78 is 7.98. The summed E-state index contributed by atoms with van der Waals surface area (Å²) in [6, 6.07) is 12.1. The van der Waals surface area contributed by atoms with E-state index in [9.17, 15) is 0 Å². The van der Waals surface area contributed by atoms with E-state index < -0.39 is 0 Å². The van der Waals surface area contributed by atoms with E-state index in [2.05, 4.69) is 43.5 Å². The summed E-state index contributed by atoms with van der Waals surface area (Å²) in [5, 5.41) is 7.40. The summed E-state index contributed by atoms with van der Waals surface area (Å²) in [5.74, 6) is 0.892. The van der Waals surface area contributed by atoms with E-state index in [4.69, 9.17) is 4.42 Å². The van der Waals surface area contributed by atoms with Gasteiger partial charge in [0.25, 0.3) is 0 Å². The van der Waals surface area contributed by atoms with Gasteiger partial charge in [-0.1, -0.05) is 12.1 Å². The van der Waals surface area contributed by atoms with Gasteiger partial charge >= 0.3 is 0 Å². The maximum atomic E-state index is 5.43. The lowest BCUT2D eigenvalue weighted by Crippen LogP contribution is -2.01. The number of furan rings is 1. The normalized spacial score (nSPS) is 10.7. The van der Waals surface area contributed by atoms with Gasteiger partial charge in [0.15, 0.2) is 4.67 Å². The van der Waals surface area contributed by atoms with Crippen LogP contribution in [0.2, 0.25) is 0 Å². The molecule has 2 aromatic heterocycles. The van der Waals surface area contributed by atoms with Crippen LogP contribution in [-0.4, -0.2) is 14.8 Å². The van der Waals surface area contributed by atoms with Gasteiger partial charge in [-0.05, 0) is 45.8 Å². The number of aromatic nitrogens is 3. The van der Waals surface area contributed by atoms with E-state index in [1.807, 2.05) is 24.3 Å². The molecule has 0 spiro atoms. The molecule has 0 bridgehead atoms. The summed E-state index contributed by atoms with van der Waals surface area (Å²) in [5.41, 5.74) is 2.24. The molecular weight excluding hydrogens is 320 g/mol. The van der Waals surface area contributed by atoms with Gasteiger partial charge < -0.3 is 9.73 Å². The molecule has 3 rings (SSSR count). The highest BCUT2D eigenvalue weighted by molar-refractivity contribution is 9.10. The fraction of sp³-hybridized carbons (Fsp3) is 0.143. The molecule has 0 saturated heterocycles. The Labute approximate surface area is 124 Å². The number of hydrogen-bond donors (Lipinski definition) is 1. The average molecular weight is 333 g/mol. The number of anilines is 1. The van der Waals surface area contributed by atoms with E-state index in [0.717, 1.165) is 22.7 Å². The molecule has 6 heteroatoms. The third kappa shape index (κ3) is 3.27. The van der Waals surface area contributed by atoms with Crippen molar-refractivity contribution in [2.45, 2.75) is 13.1 Å². The zero-order chi connectivity index (χ0) is 13.8. The minimum absolute atomic E-state index is 0.661. The Morgan fingerprint density at radius 1 is 1.15 bits per heavy atom. The van der Waals surface area contributed by atoms with Gasteiger partial charge in [0.2, 0.25) is 0 Å². The van der Waals surface area contributed by atoms with Crippen LogP contribution in [-0.2, 0) is 13.1 Å². The maximum Gasteiger partial charge on any atom is 0.169 e. The van der Waals surface area contributed by atoms with Crippen LogP contribution >= 0.6 is 15.9 Å². The third-order valence-corrected chi connectivity index (χ3v) is 3.29. The molecule has 2 heterocycles. The zero-order valence-electron chi connectivity index (χ0n) is 10.7. The highest BCUT2D eigenvalue weighted by Gasteiger charge is 2.00. The minimum atomic E-state index is 0.661. The van der Waals surface area contributed by atoms with Crippen LogP contribution in [0.1, 0.15) is 11.3 Å². The molecule has 0 amide bonds. The minimum Gasteiger partial charge on any atom is -0.452 e. The lowest BCUT2D eigenvalue weighted by atomic mass is 10.2. The Bertz CT molecular complexity index is 661. The lowest BCUT2D eigenvalue weighted by Gasteiger charge is -2.06. The Balaban J connectivity index is 1.58. The maximum absolute atomic E-state index is 5.43. The zero-order valence-corrected chi connectivity index (χ0v) is 12.2. The summed E-state index contributed by atoms with van der Waals surface area (Å²) >= 11 is 3.29. The second-order valence-corrected chi connectivity index (χ2v) is 5.13. The number of benzene rings is 1. The van der Waals surface area contributed by atoms with E-state index in [0.29, 0.717) is 6.54 Å². The summed E-state index contributed by atoms with van der Waals surface area (Å²) in [6.07, 6.45) is 3.25. The number of rotatable bonds is 5. The molecule has 0 atom stereocenters. The topological polar surface area (TPSA) is 55.9 Å². The van der Waals surface area contributed by atoms with Crippen LogP contribution < -0.4 is 5.32 Å². The molecule has 0 aliphatic rings. The van der Waals surface area contributed by atoms with Crippen LogP contribution in [0.5, 0.6) is 0 Å². The third-order valence-electron chi connectivity index (χ3n) is 2.86. The monoisotopic (exact) mass is 332 g/mol. The van der Waals surface area contributed by atoms with Gasteiger partial charge in [-0.15, -0.1) is 0 Å². The SMILES string of the molecule is Brc1ccc(CNc2ccc(Cn3cncn3)cc2)o1. The summed E-state index contributed by atoms with van der Waals surface area (Å²) in [7, 11) is 0. The van der Waals surface area contributed by atoms with Crippen molar-refractivity contribution in [1.29, 1.82) is 0 Å². The van der Waals surface area contributed by atoms with Crippen molar-refractivity contribution < 1.29 is 4.42 Å². The Morgan fingerprint density at radius 3 is 2.65 bits per heavy atom. The fourth-order valence-corrected chi connectivity index (χ4v) is 2.21. The van der Waals surface area contributed by atoms with Gasteiger partial charge in [-0.2, -0.15) is 5.10 Å². The largest absolute Gasteiger partial charge is 0.452 e. The molecule has 1 aromatic carbocycles. The van der Waals surface area contributed by atoms with Gasteiger partial charge in [-0.3, -0.25) is 0 Å². The predicted octanol–water partition coefficient (Wildman–Crippen LogP) is 3.29. The first-order valence-corrected chi connectivity index (χ1v) is 6.98. The molecular formula is C14H13BrN4O. The second kappa shape index (κ2) is 5.92. The number of halogens is 1. The Morgan fingerprint density at radius 2 is 2.00 bits per heavy atom. The van der Waals surface area contributed by atoms with Gasteiger partial charge in [0.1, 0.15) is 18.4 Å². The van der Waals surface area contributed by atoms with Crippen LogP contribution in [0.4, 0.5) is 5.69 Å². The molecule has 0 radical (unpaired) electrons. The Hall–Kier alpha value is -2.08. The highest BCUT2D eigenvalue weighted by atomic mass is 79.9. The van der Waals surface area contributed by atoms with Gasteiger partial charge in [0.05, 0.1) is 13.1 Å². The highest BCUT2D eigenvalue weighted by Crippen LogP contribution is 2.16. The van der Waals surface area contributed by atoms with Crippen molar-refractivity contribution in [3.63, 3.8) is 0 Å². The lowest BCUT2D eigenvalue weighted by molar-refractivity contribution is 0.495. The summed E-state index contributed by atoms with van der Waals surface area (Å²) in [4.78, 5) is 3.93. The van der Waals surface area contributed by atoms with Crippen molar-refractivity contribution in [2.24, 2.45) is 0 Å². The van der Waals surface area contributed by atoms with Gasteiger partial charge in [-0.25, -0.2) is 9.67 Å². The van der Waals surface area contributed by atoms with Crippen LogP contribution in [0.3, 0.4) is 0 Å². The number of nitrogens with one attached hydrogen (secondary N) is 1. The van der Waals surface area contributed by atoms with Crippen molar-refractivity contribution in [3.05, 3.63) is 65.0 Å². The number of nitrogens with zero attached hydrogens (tertiary/aromatic N) is 3. The first kappa shape index (κ1) is 12.9. The van der Waals surface area contributed by atoms with Gasteiger partial charge in [0, 0.05) is 5.69 Å². The van der Waals surface area contributed by atoms with Crippen molar-refractivity contribution in [2.75, 3.05) is 5.32 Å². The first-order chi connectivity index (χ1) is 9.79. The fourth-order valence-electron chi connectivity index (χ4n) is 1.87. The standard InChI is InChI=1S/C14H13BrN4O/c15-14-6-5-13(20-14)7-17-12-3-1-11(2-4-12)8-19-10-16-9-18-19/h1-6,9-10,17H,7-8H2. The molecule has 1 N–H and O–H groups in total. The quantitative estimate of drug-likeness (QED) is 0.778.